The van der Waals surface area contributed by atoms with Crippen LogP contribution in [-0.4, -0.2) is 23.7 Å². The Morgan fingerprint density at radius 1 is 0.960 bits per heavy atom. The molecule has 0 atom stereocenters. The highest BCUT2D eigenvalue weighted by atomic mass is 32.1. The van der Waals surface area contributed by atoms with E-state index in [4.69, 9.17) is 4.74 Å². The number of rotatable bonds is 3. The number of ketones is 2. The van der Waals surface area contributed by atoms with Gasteiger partial charge in [-0.1, -0.05) is 24.3 Å². The fraction of sp³-hybridized carbons (Fsp3) is 0.0500. The lowest BCUT2D eigenvalue weighted by atomic mass is 10.1. The van der Waals surface area contributed by atoms with Crippen LogP contribution in [0.4, 0.5) is 0 Å². The Bertz CT molecular complexity index is 978. The van der Waals surface area contributed by atoms with Crippen LogP contribution in [0.2, 0.25) is 0 Å². The summed E-state index contributed by atoms with van der Waals surface area (Å²) in [5.74, 6) is 0.307. The third-order valence-corrected chi connectivity index (χ3v) is 4.97. The number of aromatic nitrogens is 1. The number of fused-ring (bicyclic) bond motifs is 1. The number of Topliss-reactive ketones (excluding diaryl/α,β-unsaturated/α-hetero) is 2. The van der Waals surface area contributed by atoms with Gasteiger partial charge in [0, 0.05) is 22.1 Å². The lowest BCUT2D eigenvalue weighted by Gasteiger charge is -2.00. The van der Waals surface area contributed by atoms with Gasteiger partial charge < -0.3 is 4.74 Å². The second-order valence-corrected chi connectivity index (χ2v) is 6.43. The molecule has 0 bridgehead atoms. The smallest absolute Gasteiger partial charge is 0.197 e. The topological polar surface area (TPSA) is 56.3 Å². The van der Waals surface area contributed by atoms with Gasteiger partial charge in [-0.2, -0.15) is 0 Å². The number of allylic oxidation sites excluding steroid dienone is 1. The van der Waals surface area contributed by atoms with E-state index in [0.717, 1.165) is 16.3 Å². The van der Waals surface area contributed by atoms with Crippen molar-refractivity contribution in [2.45, 2.75) is 0 Å². The standard InChI is InChI=1S/C20H13NO3S/c1-24-14-8-6-12(7-9-14)20-21-13(11-25-20)10-17-18(22)15-4-2-3-5-16(15)19(17)23/h2-11H,1H3. The molecule has 0 fully saturated rings. The molecule has 4 rings (SSSR count). The summed E-state index contributed by atoms with van der Waals surface area (Å²) in [4.78, 5) is 29.4. The number of carbonyl (C=O) groups is 2. The lowest BCUT2D eigenvalue weighted by molar-refractivity contribution is 0.0990. The second-order valence-electron chi connectivity index (χ2n) is 5.57. The molecule has 0 spiro atoms. The van der Waals surface area contributed by atoms with E-state index in [-0.39, 0.29) is 17.1 Å². The Kier molecular flexibility index (Phi) is 3.78. The second kappa shape index (κ2) is 6.11. The molecule has 0 N–H and O–H groups in total. The molecular formula is C20H13NO3S. The van der Waals surface area contributed by atoms with E-state index in [1.807, 2.05) is 29.6 Å². The van der Waals surface area contributed by atoms with Crippen molar-refractivity contribution in [3.63, 3.8) is 0 Å². The van der Waals surface area contributed by atoms with Gasteiger partial charge in [0.05, 0.1) is 18.4 Å². The van der Waals surface area contributed by atoms with Crippen molar-refractivity contribution in [3.05, 3.63) is 76.3 Å². The maximum Gasteiger partial charge on any atom is 0.197 e. The summed E-state index contributed by atoms with van der Waals surface area (Å²) in [7, 11) is 1.62. The van der Waals surface area contributed by atoms with Crippen molar-refractivity contribution in [2.24, 2.45) is 0 Å². The number of nitrogens with zero attached hydrogens (tertiary/aromatic N) is 1. The number of hydrogen-bond donors (Lipinski definition) is 0. The summed E-state index contributed by atoms with van der Waals surface area (Å²) in [6.45, 7) is 0. The zero-order valence-electron chi connectivity index (χ0n) is 13.4. The minimum Gasteiger partial charge on any atom is -0.497 e. The molecule has 0 amide bonds. The van der Waals surface area contributed by atoms with Gasteiger partial charge in [0.25, 0.3) is 0 Å². The average Bonchev–Trinajstić information content (AvgIpc) is 3.22. The van der Waals surface area contributed by atoms with E-state index >= 15 is 0 Å². The first-order chi connectivity index (χ1) is 12.2. The number of hydrogen-bond acceptors (Lipinski definition) is 5. The van der Waals surface area contributed by atoms with Crippen molar-refractivity contribution < 1.29 is 14.3 Å². The largest absolute Gasteiger partial charge is 0.497 e. The molecule has 0 radical (unpaired) electrons. The molecule has 0 unspecified atom stereocenters. The molecule has 1 aliphatic carbocycles. The maximum atomic E-state index is 12.4. The van der Waals surface area contributed by atoms with Crippen LogP contribution in [0.5, 0.6) is 5.75 Å². The molecule has 5 heteroatoms. The van der Waals surface area contributed by atoms with E-state index in [1.165, 1.54) is 11.3 Å². The maximum absolute atomic E-state index is 12.4. The highest BCUT2D eigenvalue weighted by molar-refractivity contribution is 7.13. The Labute approximate surface area is 148 Å². The third kappa shape index (κ3) is 2.68. The number of benzene rings is 2. The van der Waals surface area contributed by atoms with Gasteiger partial charge in [-0.15, -0.1) is 11.3 Å². The number of carbonyl (C=O) groups excluding carboxylic acids is 2. The molecule has 3 aromatic rings. The van der Waals surface area contributed by atoms with Crippen LogP contribution in [0.1, 0.15) is 26.4 Å². The minimum absolute atomic E-state index is 0.174. The van der Waals surface area contributed by atoms with Gasteiger partial charge in [0.15, 0.2) is 11.6 Å². The summed E-state index contributed by atoms with van der Waals surface area (Å²) in [5.41, 5.74) is 2.67. The highest BCUT2D eigenvalue weighted by Gasteiger charge is 2.32. The predicted molar refractivity (Wildman–Crippen MR) is 97.2 cm³/mol. The Hall–Kier alpha value is -3.05. The first kappa shape index (κ1) is 15.5. The molecule has 4 nitrogen and oxygen atoms in total. The molecule has 1 aromatic heterocycles. The van der Waals surface area contributed by atoms with Gasteiger partial charge >= 0.3 is 0 Å². The van der Waals surface area contributed by atoms with Crippen molar-refractivity contribution in [1.29, 1.82) is 0 Å². The molecular weight excluding hydrogens is 334 g/mol. The summed E-state index contributed by atoms with van der Waals surface area (Å²) in [6, 6.07) is 14.5. The van der Waals surface area contributed by atoms with E-state index in [1.54, 1.807) is 37.5 Å². The molecule has 2 aromatic carbocycles. The molecule has 0 aliphatic heterocycles. The monoisotopic (exact) mass is 347 g/mol. The van der Waals surface area contributed by atoms with Crippen molar-refractivity contribution in [2.75, 3.05) is 7.11 Å². The predicted octanol–water partition coefficient (Wildman–Crippen LogP) is 4.28. The van der Waals surface area contributed by atoms with Gasteiger partial charge in [-0.25, -0.2) is 4.98 Å². The first-order valence-electron chi connectivity index (χ1n) is 7.67. The fourth-order valence-electron chi connectivity index (χ4n) is 2.77. The van der Waals surface area contributed by atoms with Crippen LogP contribution in [-0.2, 0) is 0 Å². The Balaban J connectivity index is 1.66. The van der Waals surface area contributed by atoms with Crippen molar-refractivity contribution in [3.8, 4) is 16.3 Å². The van der Waals surface area contributed by atoms with E-state index in [0.29, 0.717) is 16.8 Å². The zero-order valence-corrected chi connectivity index (χ0v) is 14.2. The van der Waals surface area contributed by atoms with Gasteiger partial charge in [0.1, 0.15) is 10.8 Å². The first-order valence-corrected chi connectivity index (χ1v) is 8.55. The third-order valence-electron chi connectivity index (χ3n) is 4.06. The summed E-state index contributed by atoms with van der Waals surface area (Å²) in [6.07, 6.45) is 1.58. The van der Waals surface area contributed by atoms with Gasteiger partial charge in [-0.05, 0) is 30.3 Å². The van der Waals surface area contributed by atoms with Gasteiger partial charge in [-0.3, -0.25) is 9.59 Å². The van der Waals surface area contributed by atoms with Crippen LogP contribution in [0, 0.1) is 0 Å². The van der Waals surface area contributed by atoms with E-state index < -0.39 is 0 Å². The van der Waals surface area contributed by atoms with E-state index in [9.17, 15) is 9.59 Å². The van der Waals surface area contributed by atoms with Crippen LogP contribution in [0.25, 0.3) is 16.6 Å². The molecule has 0 saturated heterocycles. The van der Waals surface area contributed by atoms with E-state index in [2.05, 4.69) is 4.98 Å². The summed E-state index contributed by atoms with van der Waals surface area (Å²) < 4.78 is 5.15. The molecule has 25 heavy (non-hydrogen) atoms. The van der Waals surface area contributed by atoms with Crippen molar-refractivity contribution in [1.82, 2.24) is 4.98 Å². The Morgan fingerprint density at radius 3 is 2.20 bits per heavy atom. The fourth-order valence-corrected chi connectivity index (χ4v) is 3.55. The normalized spacial score (nSPS) is 13.1. The van der Waals surface area contributed by atoms with Crippen LogP contribution >= 0.6 is 11.3 Å². The molecule has 122 valence electrons. The summed E-state index contributed by atoms with van der Waals surface area (Å²) in [5, 5.41) is 2.67. The number of methoxy groups -OCH3 is 1. The minimum atomic E-state index is -0.236. The van der Waals surface area contributed by atoms with Crippen LogP contribution < -0.4 is 4.74 Å². The average molecular weight is 347 g/mol. The molecule has 0 saturated carbocycles. The van der Waals surface area contributed by atoms with Gasteiger partial charge in [0.2, 0.25) is 0 Å². The zero-order chi connectivity index (χ0) is 17.4. The Morgan fingerprint density at radius 2 is 1.60 bits per heavy atom. The molecule has 1 aliphatic rings. The summed E-state index contributed by atoms with van der Waals surface area (Å²) >= 11 is 1.47. The quantitative estimate of drug-likeness (QED) is 0.524. The van der Waals surface area contributed by atoms with Crippen LogP contribution in [0.3, 0.4) is 0 Å². The molecule has 1 heterocycles. The van der Waals surface area contributed by atoms with Crippen molar-refractivity contribution >= 4 is 29.0 Å². The SMILES string of the molecule is COc1ccc(-c2nc(C=C3C(=O)c4ccccc4C3=O)cs2)cc1. The number of thiazole rings is 1. The lowest BCUT2D eigenvalue weighted by Crippen LogP contribution is -2.00. The van der Waals surface area contributed by atoms with Crippen LogP contribution in [0.15, 0.2) is 59.5 Å². The number of ether oxygens (including phenoxy) is 1. The highest BCUT2D eigenvalue weighted by Crippen LogP contribution is 2.30.